The van der Waals surface area contributed by atoms with Gasteiger partial charge in [-0.3, -0.25) is 0 Å². The van der Waals surface area contributed by atoms with Gasteiger partial charge < -0.3 is 9.88 Å². The van der Waals surface area contributed by atoms with Crippen molar-refractivity contribution in [2.75, 3.05) is 5.32 Å². The number of rotatable bonds is 2. The molecule has 0 radical (unpaired) electrons. The van der Waals surface area contributed by atoms with E-state index in [2.05, 4.69) is 35.8 Å². The van der Waals surface area contributed by atoms with E-state index in [0.717, 1.165) is 11.9 Å². The highest BCUT2D eigenvalue weighted by molar-refractivity contribution is 5.34. The molecule has 1 heterocycles. The second kappa shape index (κ2) is 3.36. The van der Waals surface area contributed by atoms with Crippen molar-refractivity contribution in [3.8, 4) is 0 Å². The molecule has 3 nitrogen and oxygen atoms in total. The summed E-state index contributed by atoms with van der Waals surface area (Å²) in [7, 11) is 2.08. The molecular weight excluding hydrogens is 234 g/mol. The lowest BCUT2D eigenvalue weighted by molar-refractivity contribution is -0.0975. The van der Waals surface area contributed by atoms with E-state index in [9.17, 15) is 0 Å². The molecule has 2 unspecified atom stereocenters. The molecule has 5 rings (SSSR count). The highest BCUT2D eigenvalue weighted by Gasteiger charge is 2.60. The second-order valence-electron chi connectivity index (χ2n) is 8.40. The Hall–Kier alpha value is -0.990. The zero-order valence-corrected chi connectivity index (χ0v) is 12.4. The zero-order valence-electron chi connectivity index (χ0n) is 12.4. The van der Waals surface area contributed by atoms with E-state index in [-0.39, 0.29) is 0 Å². The summed E-state index contributed by atoms with van der Waals surface area (Å²) in [5.74, 6) is 1.98. The molecule has 0 aromatic carbocycles. The average Bonchev–Trinajstić information content (AvgIpc) is 2.57. The van der Waals surface area contributed by atoms with E-state index in [4.69, 9.17) is 0 Å². The van der Waals surface area contributed by atoms with Crippen LogP contribution in [0.15, 0.2) is 12.4 Å². The summed E-state index contributed by atoms with van der Waals surface area (Å²) in [6.07, 6.45) is 12.3. The van der Waals surface area contributed by atoms with Gasteiger partial charge in [0.15, 0.2) is 0 Å². The van der Waals surface area contributed by atoms with E-state index >= 15 is 0 Å². The van der Waals surface area contributed by atoms with Crippen LogP contribution in [-0.4, -0.2) is 15.1 Å². The van der Waals surface area contributed by atoms with Crippen molar-refractivity contribution in [3.05, 3.63) is 12.4 Å². The van der Waals surface area contributed by atoms with Gasteiger partial charge in [-0.1, -0.05) is 13.8 Å². The number of imidazole rings is 1. The molecule has 0 spiro atoms. The quantitative estimate of drug-likeness (QED) is 0.879. The smallest absolute Gasteiger partial charge is 0.202 e. The van der Waals surface area contributed by atoms with E-state index < -0.39 is 0 Å². The highest BCUT2D eigenvalue weighted by atomic mass is 15.2. The number of anilines is 1. The van der Waals surface area contributed by atoms with Crippen LogP contribution in [0.3, 0.4) is 0 Å². The third kappa shape index (κ3) is 1.73. The van der Waals surface area contributed by atoms with Crippen molar-refractivity contribution in [1.82, 2.24) is 9.55 Å². The topological polar surface area (TPSA) is 29.9 Å². The van der Waals surface area contributed by atoms with Crippen LogP contribution in [0.5, 0.6) is 0 Å². The van der Waals surface area contributed by atoms with Gasteiger partial charge in [0.25, 0.3) is 0 Å². The first kappa shape index (κ1) is 11.8. The number of nitrogens with zero attached hydrogens (tertiary/aromatic N) is 2. The molecule has 3 heteroatoms. The predicted molar refractivity (Wildman–Crippen MR) is 77.0 cm³/mol. The molecule has 4 aliphatic carbocycles. The third-order valence-corrected chi connectivity index (χ3v) is 5.82. The molecule has 4 fully saturated rings. The summed E-state index contributed by atoms with van der Waals surface area (Å²) in [6, 6.07) is 0. The Balaban J connectivity index is 1.69. The molecule has 0 saturated heterocycles. The van der Waals surface area contributed by atoms with Crippen LogP contribution >= 0.6 is 0 Å². The van der Waals surface area contributed by atoms with Gasteiger partial charge in [-0.15, -0.1) is 0 Å². The minimum Gasteiger partial charge on any atom is -0.350 e. The van der Waals surface area contributed by atoms with Gasteiger partial charge in [0.2, 0.25) is 5.95 Å². The van der Waals surface area contributed by atoms with Gasteiger partial charge in [-0.05, 0) is 55.3 Å². The fraction of sp³-hybridized carbons (Fsp3) is 0.812. The van der Waals surface area contributed by atoms with Crippen molar-refractivity contribution < 1.29 is 0 Å². The van der Waals surface area contributed by atoms with Crippen molar-refractivity contribution in [2.45, 2.75) is 57.9 Å². The number of nitrogens with one attached hydrogen (secondary N) is 1. The second-order valence-corrected chi connectivity index (χ2v) is 8.40. The molecule has 104 valence electrons. The molecule has 1 N–H and O–H groups in total. The standard InChI is InChI=1S/C16H25N3/c1-14-6-12-7-15(2,9-14)11-16(8-12,10-14)18-13-17-4-5-19(13)3/h4-5,12H,6-11H2,1-3H3,(H,17,18). The van der Waals surface area contributed by atoms with Gasteiger partial charge >= 0.3 is 0 Å². The summed E-state index contributed by atoms with van der Waals surface area (Å²) in [5, 5.41) is 3.84. The van der Waals surface area contributed by atoms with Crippen LogP contribution in [0.2, 0.25) is 0 Å². The van der Waals surface area contributed by atoms with Crippen LogP contribution in [-0.2, 0) is 7.05 Å². The molecule has 1 aromatic heterocycles. The van der Waals surface area contributed by atoms with Gasteiger partial charge in [0.05, 0.1) is 0 Å². The maximum absolute atomic E-state index is 4.49. The lowest BCUT2D eigenvalue weighted by Crippen LogP contribution is -2.61. The molecule has 1 aromatic rings. The molecule has 4 bridgehead atoms. The molecule has 2 atom stereocenters. The summed E-state index contributed by atoms with van der Waals surface area (Å²) < 4.78 is 2.11. The summed E-state index contributed by atoms with van der Waals surface area (Å²) >= 11 is 0. The number of hydrogen-bond acceptors (Lipinski definition) is 2. The van der Waals surface area contributed by atoms with E-state index in [1.807, 2.05) is 12.4 Å². The predicted octanol–water partition coefficient (Wildman–Crippen LogP) is 3.58. The van der Waals surface area contributed by atoms with E-state index in [1.165, 1.54) is 38.5 Å². The fourth-order valence-corrected chi connectivity index (χ4v) is 6.31. The van der Waals surface area contributed by atoms with E-state index in [0.29, 0.717) is 16.4 Å². The van der Waals surface area contributed by atoms with E-state index in [1.54, 1.807) is 0 Å². The number of aryl methyl sites for hydroxylation is 1. The van der Waals surface area contributed by atoms with Crippen LogP contribution in [0.1, 0.15) is 52.4 Å². The minimum atomic E-state index is 0.308. The van der Waals surface area contributed by atoms with Crippen molar-refractivity contribution in [1.29, 1.82) is 0 Å². The maximum atomic E-state index is 4.49. The first-order valence-corrected chi connectivity index (χ1v) is 7.65. The van der Waals surface area contributed by atoms with Crippen LogP contribution in [0.4, 0.5) is 5.95 Å². The van der Waals surface area contributed by atoms with Crippen LogP contribution in [0, 0.1) is 16.7 Å². The Labute approximate surface area is 115 Å². The monoisotopic (exact) mass is 259 g/mol. The Morgan fingerprint density at radius 2 is 1.84 bits per heavy atom. The van der Waals surface area contributed by atoms with Crippen molar-refractivity contribution in [3.63, 3.8) is 0 Å². The molecule has 4 aliphatic rings. The molecule has 4 saturated carbocycles. The maximum Gasteiger partial charge on any atom is 0.202 e. The SMILES string of the molecule is Cn1ccnc1NC12CC3CC(C)(CC(C)(C3)C1)C2. The van der Waals surface area contributed by atoms with Gasteiger partial charge in [0, 0.05) is 25.0 Å². The Morgan fingerprint density at radius 1 is 1.16 bits per heavy atom. The molecule has 0 amide bonds. The summed E-state index contributed by atoms with van der Waals surface area (Å²) in [4.78, 5) is 4.49. The average molecular weight is 259 g/mol. The normalized spacial score (nSPS) is 47.6. The fourth-order valence-electron chi connectivity index (χ4n) is 6.31. The lowest BCUT2D eigenvalue weighted by atomic mass is 9.43. The number of aromatic nitrogens is 2. The first-order chi connectivity index (χ1) is 8.90. The minimum absolute atomic E-state index is 0.308. The Morgan fingerprint density at radius 3 is 2.37 bits per heavy atom. The molecule has 19 heavy (non-hydrogen) atoms. The first-order valence-electron chi connectivity index (χ1n) is 7.65. The van der Waals surface area contributed by atoms with Crippen molar-refractivity contribution >= 4 is 5.95 Å². The van der Waals surface area contributed by atoms with Gasteiger partial charge in [-0.2, -0.15) is 0 Å². The van der Waals surface area contributed by atoms with Crippen LogP contribution < -0.4 is 5.32 Å². The summed E-state index contributed by atoms with van der Waals surface area (Å²) in [5.41, 5.74) is 1.43. The lowest BCUT2D eigenvalue weighted by Gasteiger charge is -2.65. The third-order valence-electron chi connectivity index (χ3n) is 5.82. The summed E-state index contributed by atoms with van der Waals surface area (Å²) in [6.45, 7) is 5.04. The highest BCUT2D eigenvalue weighted by Crippen LogP contribution is 2.66. The Bertz CT molecular complexity index is 500. The molecular formula is C16H25N3. The largest absolute Gasteiger partial charge is 0.350 e. The molecule has 0 aliphatic heterocycles. The van der Waals surface area contributed by atoms with Gasteiger partial charge in [0.1, 0.15) is 0 Å². The van der Waals surface area contributed by atoms with Crippen molar-refractivity contribution in [2.24, 2.45) is 23.8 Å². The Kier molecular flexibility index (Phi) is 2.09. The number of hydrogen-bond donors (Lipinski definition) is 1. The van der Waals surface area contributed by atoms with Crippen LogP contribution in [0.25, 0.3) is 0 Å². The zero-order chi connectivity index (χ0) is 13.3. The van der Waals surface area contributed by atoms with Gasteiger partial charge in [-0.25, -0.2) is 4.98 Å².